The number of hydrogen-bond donors (Lipinski definition) is 0. The van der Waals surface area contributed by atoms with Gasteiger partial charge in [0, 0.05) is 9.79 Å². The fourth-order valence-electron chi connectivity index (χ4n) is 9.90. The molecule has 0 radical (unpaired) electrons. The summed E-state index contributed by atoms with van der Waals surface area (Å²) in [6, 6.07) is 97.4. The van der Waals surface area contributed by atoms with Crippen LogP contribution in [0.4, 0.5) is 0 Å². The largest absolute Gasteiger partial charge is 0.179 e. The zero-order chi connectivity index (χ0) is 43.0. The Morgan fingerprint density at radius 3 is 1.05 bits per heavy atom. The molecule has 10 rings (SSSR count). The second kappa shape index (κ2) is 19.1. The predicted molar refractivity (Wildman–Crippen MR) is 281 cm³/mol. The number of allylic oxidation sites excluding steroid dienone is 3. The average molecular weight is 890 g/mol. The normalized spacial score (nSPS) is 14.4. The van der Waals surface area contributed by atoms with Gasteiger partial charge in [0.2, 0.25) is 0 Å². The third-order valence-corrected chi connectivity index (χ3v) is 26.1. The van der Waals surface area contributed by atoms with Crippen LogP contribution in [0.1, 0.15) is 6.42 Å². The van der Waals surface area contributed by atoms with E-state index in [1.54, 1.807) is 0 Å². The van der Waals surface area contributed by atoms with Crippen molar-refractivity contribution >= 4 is 75.1 Å². The van der Waals surface area contributed by atoms with Crippen LogP contribution in [-0.2, 0) is 10.9 Å². The van der Waals surface area contributed by atoms with Gasteiger partial charge in [0.25, 0.3) is 0 Å². The van der Waals surface area contributed by atoms with E-state index in [1.165, 1.54) is 60.8 Å². The van der Waals surface area contributed by atoms with Gasteiger partial charge in [-0.2, -0.15) is 0 Å². The highest BCUT2D eigenvalue weighted by Crippen LogP contribution is 2.39. The minimum atomic E-state index is -2.57. The quantitative estimate of drug-likeness (QED) is 0.0632. The SMILES string of the molecule is C1=CC([Si](c2ccccc2)(c2ccccc2)c2ccccc2)CC=C1[S+](c1ccccc1)c1ccc(Sc2ccc([Si](c3ccccc3)(c3ccccc3)c3ccccc3)cc2)cc1. The summed E-state index contributed by atoms with van der Waals surface area (Å²) in [6.45, 7) is 0. The molecule has 1 aliphatic rings. The topological polar surface area (TPSA) is 0 Å². The van der Waals surface area contributed by atoms with Crippen molar-refractivity contribution in [2.45, 2.75) is 31.5 Å². The summed E-state index contributed by atoms with van der Waals surface area (Å²) in [5.74, 6) is 0. The van der Waals surface area contributed by atoms with Gasteiger partial charge in [-0.25, -0.2) is 0 Å². The maximum atomic E-state index is 2.57. The third kappa shape index (κ3) is 8.04. The molecule has 0 aromatic heterocycles. The lowest BCUT2D eigenvalue weighted by molar-refractivity contribution is 0.993. The molecule has 2 unspecified atom stereocenters. The molecule has 0 amide bonds. The fourth-order valence-corrected chi connectivity index (χ4v) is 22.9. The molecule has 9 aromatic rings. The Bertz CT molecular complexity index is 2750. The molecule has 1 aliphatic carbocycles. The molecular weight excluding hydrogens is 841 g/mol. The van der Waals surface area contributed by atoms with Crippen LogP contribution < -0.4 is 36.3 Å². The second-order valence-corrected chi connectivity index (χ2v) is 27.4. The summed E-state index contributed by atoms with van der Waals surface area (Å²) < 4.78 is 0. The van der Waals surface area contributed by atoms with Crippen LogP contribution in [-0.4, -0.2) is 16.1 Å². The van der Waals surface area contributed by atoms with Crippen LogP contribution in [0, 0.1) is 0 Å². The molecule has 9 aromatic carbocycles. The van der Waals surface area contributed by atoms with Crippen molar-refractivity contribution < 1.29 is 0 Å². The first-order chi connectivity index (χ1) is 31.7. The summed E-state index contributed by atoms with van der Waals surface area (Å²) in [6.07, 6.45) is 8.58. The van der Waals surface area contributed by atoms with Gasteiger partial charge < -0.3 is 0 Å². The molecule has 0 fully saturated rings. The number of rotatable bonds is 13. The van der Waals surface area contributed by atoms with Gasteiger partial charge >= 0.3 is 0 Å². The lowest BCUT2D eigenvalue weighted by Crippen LogP contribution is -2.74. The standard InChI is InChI=1S/C60H49S2Si2/c1-8-22-50(23-9-1)62(52-42-46-60(47-43-52)64(56-30-16-5-17-31-56,57-32-18-6-19-33-57)58-34-20-7-21-35-58)51-40-36-48(37-41-51)61-49-38-44-59(45-39-49)63(53-24-10-2-11-25-53,54-26-12-3-13-27-54)55-28-14-4-15-29-55/h1-46,60H,47H2/q+1. The Kier molecular flexibility index (Phi) is 12.4. The molecular formula is C60H49S2Si2+. The molecule has 0 saturated heterocycles. The van der Waals surface area contributed by atoms with Crippen molar-refractivity contribution in [2.75, 3.05) is 0 Å². The van der Waals surface area contributed by atoms with Crippen LogP contribution in [0.2, 0.25) is 5.54 Å². The summed E-state index contributed by atoms with van der Waals surface area (Å²) in [5.41, 5.74) is 0.357. The summed E-state index contributed by atoms with van der Waals surface area (Å²) in [5, 5.41) is 9.91. The van der Waals surface area contributed by atoms with Gasteiger partial charge in [-0.1, -0.05) is 230 Å². The van der Waals surface area contributed by atoms with E-state index in [2.05, 4.69) is 279 Å². The first-order valence-electron chi connectivity index (χ1n) is 22.1. The Morgan fingerprint density at radius 1 is 0.344 bits per heavy atom. The van der Waals surface area contributed by atoms with Crippen LogP contribution in [0.3, 0.4) is 0 Å². The van der Waals surface area contributed by atoms with E-state index in [-0.39, 0.29) is 10.9 Å². The monoisotopic (exact) mass is 889 g/mol. The molecule has 0 N–H and O–H groups in total. The van der Waals surface area contributed by atoms with E-state index < -0.39 is 16.1 Å². The molecule has 0 heterocycles. The Morgan fingerprint density at radius 2 is 0.672 bits per heavy atom. The zero-order valence-corrected chi connectivity index (χ0v) is 39.3. The summed E-state index contributed by atoms with van der Waals surface area (Å²) >= 11 is 1.84. The van der Waals surface area contributed by atoms with Gasteiger partial charge in [-0.15, -0.1) is 0 Å². The van der Waals surface area contributed by atoms with E-state index in [0.29, 0.717) is 5.54 Å². The molecule has 0 nitrogen and oxygen atoms in total. The molecule has 0 bridgehead atoms. The van der Waals surface area contributed by atoms with Gasteiger partial charge in [0.05, 0.1) is 10.9 Å². The van der Waals surface area contributed by atoms with Crippen molar-refractivity contribution in [2.24, 2.45) is 0 Å². The fraction of sp³-hybridized carbons (Fsp3) is 0.0333. The van der Waals surface area contributed by atoms with Gasteiger partial charge in [0.15, 0.2) is 30.8 Å². The Balaban J connectivity index is 0.958. The van der Waals surface area contributed by atoms with E-state index in [0.717, 1.165) is 6.42 Å². The highest BCUT2D eigenvalue weighted by atomic mass is 32.2. The molecule has 0 spiro atoms. The van der Waals surface area contributed by atoms with Crippen LogP contribution >= 0.6 is 11.8 Å². The predicted octanol–water partition coefficient (Wildman–Crippen LogP) is 10.6. The highest BCUT2D eigenvalue weighted by molar-refractivity contribution is 8.01. The first kappa shape index (κ1) is 41.6. The Hall–Kier alpha value is -6.41. The van der Waals surface area contributed by atoms with E-state index in [9.17, 15) is 0 Å². The van der Waals surface area contributed by atoms with Crippen molar-refractivity contribution in [1.29, 1.82) is 0 Å². The van der Waals surface area contributed by atoms with Gasteiger partial charge in [-0.05, 0) is 109 Å². The minimum absolute atomic E-state index is 0.250. The third-order valence-electron chi connectivity index (χ3n) is 12.7. The van der Waals surface area contributed by atoms with Crippen LogP contribution in [0.25, 0.3) is 0 Å². The average Bonchev–Trinajstić information content (AvgIpc) is 3.38. The second-order valence-electron chi connectivity index (χ2n) is 16.3. The lowest BCUT2D eigenvalue weighted by Gasteiger charge is -2.40. The van der Waals surface area contributed by atoms with Crippen molar-refractivity contribution in [1.82, 2.24) is 0 Å². The van der Waals surface area contributed by atoms with Crippen molar-refractivity contribution in [3.05, 3.63) is 284 Å². The Labute approximate surface area is 388 Å². The lowest BCUT2D eigenvalue weighted by atomic mass is 10.2. The van der Waals surface area contributed by atoms with Crippen molar-refractivity contribution in [3.8, 4) is 0 Å². The molecule has 0 aliphatic heterocycles. The molecule has 308 valence electrons. The molecule has 0 saturated carbocycles. The number of benzene rings is 9. The summed E-state index contributed by atoms with van der Waals surface area (Å²) in [4.78, 5) is 6.54. The molecule has 2 atom stereocenters. The van der Waals surface area contributed by atoms with Crippen LogP contribution in [0.15, 0.2) is 304 Å². The number of hydrogen-bond acceptors (Lipinski definition) is 1. The van der Waals surface area contributed by atoms with Gasteiger partial charge in [-0.3, -0.25) is 0 Å². The first-order valence-corrected chi connectivity index (χ1v) is 28.3. The molecule has 64 heavy (non-hydrogen) atoms. The maximum absolute atomic E-state index is 2.57. The van der Waals surface area contributed by atoms with E-state index >= 15 is 0 Å². The highest BCUT2D eigenvalue weighted by Gasteiger charge is 2.46. The minimum Gasteiger partial charge on any atom is -0.0901 e. The van der Waals surface area contributed by atoms with Gasteiger partial charge in [0.1, 0.15) is 0 Å². The smallest absolute Gasteiger partial charge is 0.0901 e. The van der Waals surface area contributed by atoms with Crippen LogP contribution in [0.5, 0.6) is 0 Å². The molecule has 4 heteroatoms. The van der Waals surface area contributed by atoms with E-state index in [1.807, 2.05) is 11.8 Å². The van der Waals surface area contributed by atoms with Crippen molar-refractivity contribution in [3.63, 3.8) is 0 Å². The zero-order valence-electron chi connectivity index (χ0n) is 35.7. The maximum Gasteiger partial charge on any atom is 0.179 e. The summed E-state index contributed by atoms with van der Waals surface area (Å²) in [7, 11) is -5.30. The van der Waals surface area contributed by atoms with E-state index in [4.69, 9.17) is 0 Å².